The zero-order chi connectivity index (χ0) is 14.5. The second kappa shape index (κ2) is 6.70. The van der Waals surface area contributed by atoms with Gasteiger partial charge < -0.3 is 15.4 Å². The Hall–Kier alpha value is -1.62. The molecule has 0 aliphatic carbocycles. The number of nitrogens with one attached hydrogen (secondary N) is 2. The topological polar surface area (TPSA) is 50.4 Å². The van der Waals surface area contributed by atoms with Gasteiger partial charge in [-0.2, -0.15) is 0 Å². The highest BCUT2D eigenvalue weighted by Crippen LogP contribution is 2.26. The van der Waals surface area contributed by atoms with Crippen LogP contribution in [0.3, 0.4) is 0 Å². The Morgan fingerprint density at radius 1 is 1.45 bits per heavy atom. The molecule has 1 unspecified atom stereocenters. The van der Waals surface area contributed by atoms with Crippen LogP contribution in [0.1, 0.15) is 31.4 Å². The van der Waals surface area contributed by atoms with Crippen molar-refractivity contribution in [2.24, 2.45) is 5.92 Å². The van der Waals surface area contributed by atoms with Gasteiger partial charge in [-0.25, -0.2) is 4.39 Å². The van der Waals surface area contributed by atoms with Crippen LogP contribution in [0.15, 0.2) is 18.2 Å². The van der Waals surface area contributed by atoms with Gasteiger partial charge in [0.1, 0.15) is 11.6 Å². The minimum absolute atomic E-state index is 0.0327. The number of carbonyl (C=O) groups excluding carboxylic acids is 1. The molecular formula is C15H21FN2O2. The molecule has 1 saturated heterocycles. The van der Waals surface area contributed by atoms with Gasteiger partial charge in [0.2, 0.25) is 5.91 Å². The first-order valence-corrected chi connectivity index (χ1v) is 6.96. The standard InChI is InChI=1S/C15H21FN2O2/c1-10(13-9-12(16)3-4-14(13)20-2)18-15(19)11-5-7-17-8-6-11/h3-4,9-11,17H,5-8H2,1-2H3,(H,18,19). The molecule has 1 heterocycles. The molecule has 2 N–H and O–H groups in total. The number of rotatable bonds is 4. The summed E-state index contributed by atoms with van der Waals surface area (Å²) in [6.07, 6.45) is 1.69. The number of methoxy groups -OCH3 is 1. The van der Waals surface area contributed by atoms with E-state index in [0.717, 1.165) is 25.9 Å². The minimum atomic E-state index is -0.330. The molecule has 1 aromatic rings. The number of carbonyl (C=O) groups is 1. The average molecular weight is 280 g/mol. The first-order valence-electron chi connectivity index (χ1n) is 6.96. The fourth-order valence-corrected chi connectivity index (χ4v) is 2.54. The molecule has 0 spiro atoms. The highest BCUT2D eigenvalue weighted by Gasteiger charge is 2.23. The molecule has 1 aromatic carbocycles. The Bertz CT molecular complexity index is 473. The van der Waals surface area contributed by atoms with E-state index in [2.05, 4.69) is 10.6 Å². The van der Waals surface area contributed by atoms with Gasteiger partial charge in [-0.1, -0.05) is 0 Å². The number of hydrogen-bond donors (Lipinski definition) is 2. The van der Waals surface area contributed by atoms with Crippen molar-refractivity contribution in [3.8, 4) is 5.75 Å². The van der Waals surface area contributed by atoms with Gasteiger partial charge in [-0.05, 0) is 51.1 Å². The lowest BCUT2D eigenvalue weighted by molar-refractivity contribution is -0.126. The SMILES string of the molecule is COc1ccc(F)cc1C(C)NC(=O)C1CCNCC1. The molecule has 4 nitrogen and oxygen atoms in total. The predicted molar refractivity (Wildman–Crippen MR) is 75.1 cm³/mol. The second-order valence-electron chi connectivity index (χ2n) is 5.14. The van der Waals surface area contributed by atoms with E-state index >= 15 is 0 Å². The minimum Gasteiger partial charge on any atom is -0.496 e. The maximum atomic E-state index is 13.4. The molecule has 5 heteroatoms. The summed E-state index contributed by atoms with van der Waals surface area (Å²) in [5, 5.41) is 6.19. The Kier molecular flexibility index (Phi) is 4.95. The van der Waals surface area contributed by atoms with Crippen LogP contribution in [0.2, 0.25) is 0 Å². The van der Waals surface area contributed by atoms with Crippen molar-refractivity contribution in [1.82, 2.24) is 10.6 Å². The maximum absolute atomic E-state index is 13.4. The third kappa shape index (κ3) is 3.48. The molecule has 1 amide bonds. The molecule has 1 atom stereocenters. The van der Waals surface area contributed by atoms with Crippen molar-refractivity contribution in [2.75, 3.05) is 20.2 Å². The maximum Gasteiger partial charge on any atom is 0.223 e. The predicted octanol–water partition coefficient (Wildman–Crippen LogP) is 2.01. The number of halogens is 1. The van der Waals surface area contributed by atoms with Gasteiger partial charge in [0.05, 0.1) is 13.2 Å². The summed E-state index contributed by atoms with van der Waals surface area (Å²) in [7, 11) is 1.54. The van der Waals surface area contributed by atoms with Crippen molar-refractivity contribution in [2.45, 2.75) is 25.8 Å². The number of benzene rings is 1. The average Bonchev–Trinajstić information content (AvgIpc) is 2.48. The van der Waals surface area contributed by atoms with Crippen LogP contribution in [0.25, 0.3) is 0 Å². The third-order valence-corrected chi connectivity index (χ3v) is 3.73. The Morgan fingerprint density at radius 2 is 2.15 bits per heavy atom. The van der Waals surface area contributed by atoms with Gasteiger partial charge in [0, 0.05) is 11.5 Å². The van der Waals surface area contributed by atoms with Crippen LogP contribution >= 0.6 is 0 Å². The van der Waals surface area contributed by atoms with E-state index in [1.807, 2.05) is 6.92 Å². The first-order chi connectivity index (χ1) is 9.61. The summed E-state index contributed by atoms with van der Waals surface area (Å²) in [4.78, 5) is 12.2. The summed E-state index contributed by atoms with van der Waals surface area (Å²) < 4.78 is 18.6. The molecule has 1 fully saturated rings. The highest BCUT2D eigenvalue weighted by molar-refractivity contribution is 5.79. The zero-order valence-electron chi connectivity index (χ0n) is 11.9. The van der Waals surface area contributed by atoms with E-state index in [0.29, 0.717) is 11.3 Å². The quantitative estimate of drug-likeness (QED) is 0.887. The number of hydrogen-bond acceptors (Lipinski definition) is 3. The van der Waals surface area contributed by atoms with Crippen molar-refractivity contribution >= 4 is 5.91 Å². The van der Waals surface area contributed by atoms with Crippen molar-refractivity contribution < 1.29 is 13.9 Å². The van der Waals surface area contributed by atoms with Crippen LogP contribution in [0, 0.1) is 11.7 Å². The summed E-state index contributed by atoms with van der Waals surface area (Å²) >= 11 is 0. The van der Waals surface area contributed by atoms with Gasteiger partial charge in [-0.15, -0.1) is 0 Å². The van der Waals surface area contributed by atoms with E-state index in [9.17, 15) is 9.18 Å². The van der Waals surface area contributed by atoms with Gasteiger partial charge in [0.25, 0.3) is 0 Å². The summed E-state index contributed by atoms with van der Waals surface area (Å²) in [6, 6.07) is 4.07. The molecule has 20 heavy (non-hydrogen) atoms. The van der Waals surface area contributed by atoms with Gasteiger partial charge in [-0.3, -0.25) is 4.79 Å². The molecule has 2 rings (SSSR count). The highest BCUT2D eigenvalue weighted by atomic mass is 19.1. The van der Waals surface area contributed by atoms with Crippen molar-refractivity contribution in [1.29, 1.82) is 0 Å². The first kappa shape index (κ1) is 14.8. The largest absolute Gasteiger partial charge is 0.496 e. The van der Waals surface area contributed by atoms with E-state index in [1.54, 1.807) is 6.07 Å². The number of ether oxygens (including phenoxy) is 1. The molecule has 0 bridgehead atoms. The molecule has 0 saturated carbocycles. The molecule has 1 aliphatic heterocycles. The van der Waals surface area contributed by atoms with Crippen LogP contribution < -0.4 is 15.4 Å². The van der Waals surface area contributed by atoms with Gasteiger partial charge in [0.15, 0.2) is 0 Å². The normalized spacial score (nSPS) is 17.6. The van der Waals surface area contributed by atoms with Crippen LogP contribution in [-0.4, -0.2) is 26.1 Å². The van der Waals surface area contributed by atoms with Crippen molar-refractivity contribution in [3.63, 3.8) is 0 Å². The molecule has 0 aromatic heterocycles. The zero-order valence-corrected chi connectivity index (χ0v) is 11.9. The fourth-order valence-electron chi connectivity index (χ4n) is 2.54. The molecule has 1 aliphatic rings. The lowest BCUT2D eigenvalue weighted by atomic mass is 9.96. The lowest BCUT2D eigenvalue weighted by Gasteiger charge is -2.24. The monoisotopic (exact) mass is 280 g/mol. The van der Waals surface area contributed by atoms with Crippen LogP contribution in [0.5, 0.6) is 5.75 Å². The molecule has 0 radical (unpaired) electrons. The summed E-state index contributed by atoms with van der Waals surface area (Å²) in [5.41, 5.74) is 0.662. The lowest BCUT2D eigenvalue weighted by Crippen LogP contribution is -2.39. The molecular weight excluding hydrogens is 259 g/mol. The number of amides is 1. The smallest absolute Gasteiger partial charge is 0.223 e. The van der Waals surface area contributed by atoms with Crippen LogP contribution in [-0.2, 0) is 4.79 Å². The third-order valence-electron chi connectivity index (χ3n) is 3.73. The fraction of sp³-hybridized carbons (Fsp3) is 0.533. The second-order valence-corrected chi connectivity index (χ2v) is 5.14. The van der Waals surface area contributed by atoms with Crippen LogP contribution in [0.4, 0.5) is 4.39 Å². The van der Waals surface area contributed by atoms with Crippen molar-refractivity contribution in [3.05, 3.63) is 29.6 Å². The van der Waals surface area contributed by atoms with Gasteiger partial charge >= 0.3 is 0 Å². The summed E-state index contributed by atoms with van der Waals surface area (Å²) in [5.74, 6) is 0.330. The Balaban J connectivity index is 2.05. The summed E-state index contributed by atoms with van der Waals surface area (Å²) in [6.45, 7) is 3.59. The Labute approximate surface area is 118 Å². The Morgan fingerprint density at radius 3 is 2.80 bits per heavy atom. The van der Waals surface area contributed by atoms with E-state index in [1.165, 1.54) is 19.2 Å². The van der Waals surface area contributed by atoms with E-state index < -0.39 is 0 Å². The van der Waals surface area contributed by atoms with E-state index in [-0.39, 0.29) is 23.7 Å². The number of piperidine rings is 1. The van der Waals surface area contributed by atoms with E-state index in [4.69, 9.17) is 4.74 Å². The molecule has 110 valence electrons.